The van der Waals surface area contributed by atoms with E-state index < -0.39 is 24.0 Å². The molecule has 24 heavy (non-hydrogen) atoms. The molecule has 1 heterocycles. The summed E-state index contributed by atoms with van der Waals surface area (Å²) in [7, 11) is 2.94. The molecular formula is C16H16NO7-. The Bertz CT molecular complexity index is 854. The normalized spacial score (nSPS) is 10.5. The van der Waals surface area contributed by atoms with E-state index in [2.05, 4.69) is 5.32 Å². The quantitative estimate of drug-likeness (QED) is 0.709. The van der Waals surface area contributed by atoms with Gasteiger partial charge in [-0.05, 0) is 18.6 Å². The van der Waals surface area contributed by atoms with Gasteiger partial charge in [0.05, 0.1) is 38.7 Å². The van der Waals surface area contributed by atoms with Crippen molar-refractivity contribution >= 4 is 22.8 Å². The van der Waals surface area contributed by atoms with Gasteiger partial charge in [-0.25, -0.2) is 4.79 Å². The number of benzene rings is 1. The Kier molecular flexibility index (Phi) is 5.08. The first-order valence-electron chi connectivity index (χ1n) is 7.02. The molecule has 0 aliphatic rings. The number of aryl methyl sites for hydroxylation is 1. The third kappa shape index (κ3) is 3.48. The molecular weight excluding hydrogens is 318 g/mol. The minimum absolute atomic E-state index is 0.144. The van der Waals surface area contributed by atoms with Crippen LogP contribution in [0, 0.1) is 6.92 Å². The molecule has 2 rings (SSSR count). The minimum Gasteiger partial charge on any atom is -0.548 e. The highest BCUT2D eigenvalue weighted by molar-refractivity contribution is 5.87. The van der Waals surface area contributed by atoms with Gasteiger partial charge in [-0.2, -0.15) is 0 Å². The number of carbonyl (C=O) groups is 2. The van der Waals surface area contributed by atoms with E-state index in [1.807, 2.05) is 0 Å². The summed E-state index contributed by atoms with van der Waals surface area (Å²) in [4.78, 5) is 34.3. The van der Waals surface area contributed by atoms with Crippen molar-refractivity contribution in [3.63, 3.8) is 0 Å². The highest BCUT2D eigenvalue weighted by Crippen LogP contribution is 2.33. The fraction of sp³-hybridized carbons (Fsp3) is 0.312. The van der Waals surface area contributed by atoms with Crippen LogP contribution in [0.5, 0.6) is 11.5 Å². The fourth-order valence-electron chi connectivity index (χ4n) is 2.31. The summed E-state index contributed by atoms with van der Waals surface area (Å²) in [6.07, 6.45) is -0.300. The summed E-state index contributed by atoms with van der Waals surface area (Å²) in [5.74, 6) is -1.17. The number of fused-ring (bicyclic) bond motifs is 1. The minimum atomic E-state index is -1.41. The summed E-state index contributed by atoms with van der Waals surface area (Å²) in [6.45, 7) is 1.05. The number of hydrogen-bond donors (Lipinski definition) is 1. The molecule has 0 radical (unpaired) electrons. The van der Waals surface area contributed by atoms with Crippen LogP contribution in [0.2, 0.25) is 0 Å². The molecule has 1 aromatic heterocycles. The van der Waals surface area contributed by atoms with Crippen molar-refractivity contribution in [3.8, 4) is 11.5 Å². The second-order valence-corrected chi connectivity index (χ2v) is 5.02. The van der Waals surface area contributed by atoms with Crippen LogP contribution >= 0.6 is 0 Å². The molecule has 0 saturated carbocycles. The number of hydrogen-bond acceptors (Lipinski definition) is 7. The fourth-order valence-corrected chi connectivity index (χ4v) is 2.31. The largest absolute Gasteiger partial charge is 0.548 e. The molecule has 1 amide bonds. The number of rotatable bonds is 6. The first kappa shape index (κ1) is 17.3. The van der Waals surface area contributed by atoms with Gasteiger partial charge in [0.2, 0.25) is 5.91 Å². The van der Waals surface area contributed by atoms with Crippen molar-refractivity contribution in [2.75, 3.05) is 20.8 Å². The van der Waals surface area contributed by atoms with Gasteiger partial charge in [-0.1, -0.05) is 0 Å². The van der Waals surface area contributed by atoms with Gasteiger partial charge in [-0.3, -0.25) is 4.79 Å². The van der Waals surface area contributed by atoms with Crippen molar-refractivity contribution < 1.29 is 28.6 Å². The zero-order chi connectivity index (χ0) is 17.9. The maximum Gasteiger partial charge on any atom is 0.340 e. The van der Waals surface area contributed by atoms with Gasteiger partial charge in [-0.15, -0.1) is 0 Å². The third-order valence-electron chi connectivity index (χ3n) is 3.56. The molecule has 0 saturated heterocycles. The third-order valence-corrected chi connectivity index (χ3v) is 3.56. The smallest absolute Gasteiger partial charge is 0.340 e. The monoisotopic (exact) mass is 334 g/mol. The van der Waals surface area contributed by atoms with Crippen LogP contribution in [0.25, 0.3) is 11.0 Å². The van der Waals surface area contributed by atoms with Crippen LogP contribution in [0.4, 0.5) is 0 Å². The Balaban J connectivity index is 2.46. The number of amides is 1. The van der Waals surface area contributed by atoms with Gasteiger partial charge in [0, 0.05) is 11.5 Å². The SMILES string of the molecule is COc1cc2oc(=O)c(CC(=O)NCC(=O)[O-])c(C)c2cc1OC. The number of carboxylic acids is 1. The molecule has 8 nitrogen and oxygen atoms in total. The van der Waals surface area contributed by atoms with Crippen LogP contribution in [0.15, 0.2) is 21.3 Å². The lowest BCUT2D eigenvalue weighted by atomic mass is 10.0. The van der Waals surface area contributed by atoms with Gasteiger partial charge in [0.25, 0.3) is 0 Å². The second-order valence-electron chi connectivity index (χ2n) is 5.02. The van der Waals surface area contributed by atoms with Crippen LogP contribution < -0.4 is 25.5 Å². The Hall–Kier alpha value is -3.03. The lowest BCUT2D eigenvalue weighted by Crippen LogP contribution is -2.38. The number of methoxy groups -OCH3 is 2. The van der Waals surface area contributed by atoms with E-state index in [-0.39, 0.29) is 12.0 Å². The molecule has 8 heteroatoms. The molecule has 1 N–H and O–H groups in total. The van der Waals surface area contributed by atoms with E-state index in [1.54, 1.807) is 13.0 Å². The van der Waals surface area contributed by atoms with E-state index in [1.165, 1.54) is 20.3 Å². The summed E-state index contributed by atoms with van der Waals surface area (Å²) in [5, 5.41) is 13.1. The van der Waals surface area contributed by atoms with Crippen molar-refractivity contribution in [2.45, 2.75) is 13.3 Å². The number of carboxylic acid groups (broad SMARTS) is 1. The van der Waals surface area contributed by atoms with Crippen molar-refractivity contribution in [3.05, 3.63) is 33.7 Å². The number of nitrogens with one attached hydrogen (secondary N) is 1. The van der Waals surface area contributed by atoms with Crippen molar-refractivity contribution in [1.29, 1.82) is 0 Å². The van der Waals surface area contributed by atoms with E-state index in [0.29, 0.717) is 28.0 Å². The molecule has 0 aliphatic carbocycles. The van der Waals surface area contributed by atoms with Crippen LogP contribution in [-0.4, -0.2) is 32.6 Å². The molecule has 0 unspecified atom stereocenters. The second kappa shape index (κ2) is 7.03. The highest BCUT2D eigenvalue weighted by atomic mass is 16.5. The first-order chi connectivity index (χ1) is 11.4. The molecule has 2 aromatic rings. The van der Waals surface area contributed by atoms with Crippen LogP contribution in [-0.2, 0) is 16.0 Å². The van der Waals surface area contributed by atoms with E-state index in [9.17, 15) is 19.5 Å². The lowest BCUT2D eigenvalue weighted by Gasteiger charge is -2.12. The average Bonchev–Trinajstić information content (AvgIpc) is 2.55. The standard InChI is InChI=1S/C16H17NO7/c1-8-9-4-12(22-2)13(23-3)6-11(9)24-16(21)10(8)5-14(18)17-7-15(19)20/h4,6H,5,7H2,1-3H3,(H,17,18)(H,19,20)/p-1. The Morgan fingerprint density at radius 1 is 1.21 bits per heavy atom. The van der Waals surface area contributed by atoms with Crippen LogP contribution in [0.1, 0.15) is 11.1 Å². The van der Waals surface area contributed by atoms with E-state index in [0.717, 1.165) is 0 Å². The van der Waals surface area contributed by atoms with E-state index >= 15 is 0 Å². The Morgan fingerprint density at radius 2 is 1.83 bits per heavy atom. The maximum atomic E-state index is 12.1. The predicted octanol–water partition coefficient (Wildman–Crippen LogP) is -0.473. The number of carbonyl (C=O) groups excluding carboxylic acids is 2. The molecule has 128 valence electrons. The van der Waals surface area contributed by atoms with E-state index in [4.69, 9.17) is 13.9 Å². The van der Waals surface area contributed by atoms with Gasteiger partial charge < -0.3 is 29.1 Å². The summed E-state index contributed by atoms with van der Waals surface area (Å²) in [6, 6.07) is 3.18. The molecule has 0 atom stereocenters. The molecule has 0 spiro atoms. The topological polar surface area (TPSA) is 118 Å². The predicted molar refractivity (Wildman–Crippen MR) is 82.0 cm³/mol. The van der Waals surface area contributed by atoms with Gasteiger partial charge >= 0.3 is 5.63 Å². The summed E-state index contributed by atoms with van der Waals surface area (Å²) < 4.78 is 15.6. The zero-order valence-electron chi connectivity index (χ0n) is 13.4. The van der Waals surface area contributed by atoms with Gasteiger partial charge in [0.1, 0.15) is 5.58 Å². The van der Waals surface area contributed by atoms with Crippen LogP contribution in [0.3, 0.4) is 0 Å². The highest BCUT2D eigenvalue weighted by Gasteiger charge is 2.17. The Labute approximate surface area is 137 Å². The first-order valence-corrected chi connectivity index (χ1v) is 7.02. The van der Waals surface area contributed by atoms with Crippen molar-refractivity contribution in [1.82, 2.24) is 5.32 Å². The van der Waals surface area contributed by atoms with Crippen molar-refractivity contribution in [2.24, 2.45) is 0 Å². The molecule has 0 fully saturated rings. The number of aliphatic carboxylic acids is 1. The lowest BCUT2D eigenvalue weighted by molar-refractivity contribution is -0.304. The summed E-state index contributed by atoms with van der Waals surface area (Å²) in [5.41, 5.74) is 0.321. The zero-order valence-corrected chi connectivity index (χ0v) is 13.4. The molecule has 1 aromatic carbocycles. The number of ether oxygens (including phenoxy) is 2. The maximum absolute atomic E-state index is 12.1. The molecule has 0 aliphatic heterocycles. The molecule has 0 bridgehead atoms. The summed E-state index contributed by atoms with van der Waals surface area (Å²) >= 11 is 0. The van der Waals surface area contributed by atoms with Gasteiger partial charge in [0.15, 0.2) is 11.5 Å². The average molecular weight is 334 g/mol. The Morgan fingerprint density at radius 3 is 2.42 bits per heavy atom.